The number of halogens is 1. The Morgan fingerprint density at radius 2 is 1.88 bits per heavy atom. The Morgan fingerprint density at radius 3 is 2.48 bits per heavy atom. The fraction of sp³-hybridized carbons (Fsp3) is 0.400. The number of rotatable bonds is 3. The van der Waals surface area contributed by atoms with E-state index in [9.17, 15) is 18.0 Å². The van der Waals surface area contributed by atoms with Crippen LogP contribution in [0.3, 0.4) is 0 Å². The molecule has 10 heteroatoms. The van der Waals surface area contributed by atoms with Crippen molar-refractivity contribution in [3.8, 4) is 0 Å². The van der Waals surface area contributed by atoms with E-state index in [0.717, 1.165) is 0 Å². The standard InChI is InChI=1S/C15H17ClN4O4S/c16-11-2-1-3-12(10-11)25(23,24)20-8-6-19(7-9-20)15(22)13-4-5-14(21)18-17-13/h1-3,10H,4-9H2,(H,18,21). The molecule has 2 aliphatic heterocycles. The van der Waals surface area contributed by atoms with E-state index in [4.69, 9.17) is 11.6 Å². The average Bonchev–Trinajstić information content (AvgIpc) is 2.62. The molecule has 2 aliphatic rings. The fourth-order valence-corrected chi connectivity index (χ4v) is 4.44. The smallest absolute Gasteiger partial charge is 0.270 e. The third-order valence-corrected chi connectivity index (χ3v) is 6.24. The molecule has 0 unspecified atom stereocenters. The van der Waals surface area contributed by atoms with E-state index in [1.165, 1.54) is 16.4 Å². The van der Waals surface area contributed by atoms with E-state index in [-0.39, 0.29) is 49.3 Å². The number of hydrogen-bond acceptors (Lipinski definition) is 5. The molecule has 1 saturated heterocycles. The summed E-state index contributed by atoms with van der Waals surface area (Å²) < 4.78 is 26.6. The number of hydrogen-bond donors (Lipinski definition) is 1. The van der Waals surface area contributed by atoms with Crippen LogP contribution < -0.4 is 5.43 Å². The maximum Gasteiger partial charge on any atom is 0.270 e. The van der Waals surface area contributed by atoms with Crippen molar-refractivity contribution in [1.82, 2.24) is 14.6 Å². The Balaban J connectivity index is 1.65. The van der Waals surface area contributed by atoms with Crippen molar-refractivity contribution < 1.29 is 18.0 Å². The summed E-state index contributed by atoms with van der Waals surface area (Å²) in [4.78, 5) is 25.2. The summed E-state index contributed by atoms with van der Waals surface area (Å²) in [6, 6.07) is 6.11. The van der Waals surface area contributed by atoms with Crippen LogP contribution in [0.2, 0.25) is 5.02 Å². The molecule has 1 aromatic carbocycles. The maximum absolute atomic E-state index is 12.6. The van der Waals surface area contributed by atoms with Gasteiger partial charge in [-0.05, 0) is 18.2 Å². The van der Waals surface area contributed by atoms with E-state index in [1.54, 1.807) is 17.0 Å². The topological polar surface area (TPSA) is 99.2 Å². The summed E-state index contributed by atoms with van der Waals surface area (Å²) in [6.45, 7) is 0.928. The molecule has 1 aromatic rings. The van der Waals surface area contributed by atoms with Crippen molar-refractivity contribution in [3.05, 3.63) is 29.3 Å². The van der Waals surface area contributed by atoms with Crippen LogP contribution in [0.15, 0.2) is 34.3 Å². The van der Waals surface area contributed by atoms with Crippen molar-refractivity contribution in [3.63, 3.8) is 0 Å². The number of benzene rings is 1. The lowest BCUT2D eigenvalue weighted by Crippen LogP contribution is -2.52. The van der Waals surface area contributed by atoms with Crippen LogP contribution in [-0.4, -0.2) is 61.3 Å². The summed E-state index contributed by atoms with van der Waals surface area (Å²) in [6.07, 6.45) is 0.527. The van der Waals surface area contributed by atoms with Gasteiger partial charge in [-0.25, -0.2) is 13.8 Å². The Kier molecular flexibility index (Phi) is 5.07. The molecule has 2 heterocycles. The zero-order valence-corrected chi connectivity index (χ0v) is 14.9. The van der Waals surface area contributed by atoms with Crippen molar-refractivity contribution in [2.24, 2.45) is 5.10 Å². The van der Waals surface area contributed by atoms with Gasteiger partial charge in [0, 0.05) is 44.0 Å². The highest BCUT2D eigenvalue weighted by Gasteiger charge is 2.32. The minimum atomic E-state index is -3.64. The van der Waals surface area contributed by atoms with Crippen molar-refractivity contribution in [2.45, 2.75) is 17.7 Å². The molecule has 0 aromatic heterocycles. The minimum Gasteiger partial charge on any atom is -0.335 e. The van der Waals surface area contributed by atoms with E-state index < -0.39 is 10.0 Å². The highest BCUT2D eigenvalue weighted by Crippen LogP contribution is 2.21. The van der Waals surface area contributed by atoms with Crippen LogP contribution in [0, 0.1) is 0 Å². The van der Waals surface area contributed by atoms with Gasteiger partial charge >= 0.3 is 0 Å². The number of amides is 2. The largest absolute Gasteiger partial charge is 0.335 e. The average molecular weight is 385 g/mol. The molecule has 0 saturated carbocycles. The Labute approximate surface area is 150 Å². The molecular weight excluding hydrogens is 368 g/mol. The molecule has 2 amide bonds. The van der Waals surface area contributed by atoms with Gasteiger partial charge in [-0.3, -0.25) is 9.59 Å². The first-order chi connectivity index (χ1) is 11.9. The third kappa shape index (κ3) is 3.83. The molecule has 3 rings (SSSR count). The van der Waals surface area contributed by atoms with Gasteiger partial charge in [-0.2, -0.15) is 9.41 Å². The zero-order valence-electron chi connectivity index (χ0n) is 13.3. The molecule has 0 bridgehead atoms. The van der Waals surface area contributed by atoms with Crippen LogP contribution >= 0.6 is 11.6 Å². The minimum absolute atomic E-state index is 0.138. The van der Waals surface area contributed by atoms with Gasteiger partial charge in [0.1, 0.15) is 5.71 Å². The SMILES string of the molecule is O=C1CCC(C(=O)N2CCN(S(=O)(=O)c3cccc(Cl)c3)CC2)=NN1. The molecule has 134 valence electrons. The lowest BCUT2D eigenvalue weighted by molar-refractivity contribution is -0.125. The summed E-state index contributed by atoms with van der Waals surface area (Å²) >= 11 is 5.87. The Hall–Kier alpha value is -1.97. The molecule has 0 spiro atoms. The molecule has 0 atom stereocenters. The van der Waals surface area contributed by atoms with Gasteiger partial charge in [0.15, 0.2) is 0 Å². The first kappa shape index (κ1) is 17.8. The number of nitrogens with zero attached hydrogens (tertiary/aromatic N) is 3. The number of piperazine rings is 1. The summed E-state index contributed by atoms with van der Waals surface area (Å²) in [7, 11) is -3.64. The summed E-state index contributed by atoms with van der Waals surface area (Å²) in [5.41, 5.74) is 2.59. The normalized spacial score (nSPS) is 19.3. The van der Waals surface area contributed by atoms with Crippen molar-refractivity contribution in [2.75, 3.05) is 26.2 Å². The van der Waals surface area contributed by atoms with E-state index in [0.29, 0.717) is 17.2 Å². The second-order valence-electron chi connectivity index (χ2n) is 5.75. The van der Waals surface area contributed by atoms with Crippen LogP contribution in [0.25, 0.3) is 0 Å². The van der Waals surface area contributed by atoms with Crippen LogP contribution in [0.4, 0.5) is 0 Å². The van der Waals surface area contributed by atoms with Gasteiger partial charge in [0.2, 0.25) is 15.9 Å². The molecule has 8 nitrogen and oxygen atoms in total. The van der Waals surface area contributed by atoms with Gasteiger partial charge in [-0.1, -0.05) is 17.7 Å². The van der Waals surface area contributed by atoms with Gasteiger partial charge in [0.05, 0.1) is 4.90 Å². The van der Waals surface area contributed by atoms with Crippen molar-refractivity contribution in [1.29, 1.82) is 0 Å². The molecule has 25 heavy (non-hydrogen) atoms. The predicted molar refractivity (Wildman–Crippen MR) is 91.6 cm³/mol. The Bertz CT molecular complexity index is 832. The lowest BCUT2D eigenvalue weighted by Gasteiger charge is -2.34. The number of carbonyl (C=O) groups excluding carboxylic acids is 2. The van der Waals surface area contributed by atoms with E-state index >= 15 is 0 Å². The maximum atomic E-state index is 12.6. The predicted octanol–water partition coefficient (Wildman–Crippen LogP) is 0.439. The number of carbonyl (C=O) groups is 2. The van der Waals surface area contributed by atoms with Crippen LogP contribution in [0.1, 0.15) is 12.8 Å². The molecule has 0 radical (unpaired) electrons. The lowest BCUT2D eigenvalue weighted by atomic mass is 10.1. The first-order valence-corrected chi connectivity index (χ1v) is 9.60. The number of sulfonamides is 1. The second-order valence-corrected chi connectivity index (χ2v) is 8.12. The number of hydrazone groups is 1. The third-order valence-electron chi connectivity index (χ3n) is 4.11. The second kappa shape index (κ2) is 7.11. The fourth-order valence-electron chi connectivity index (χ4n) is 2.72. The van der Waals surface area contributed by atoms with Crippen LogP contribution in [0.5, 0.6) is 0 Å². The molecule has 1 fully saturated rings. The highest BCUT2D eigenvalue weighted by atomic mass is 35.5. The number of nitrogens with one attached hydrogen (secondary N) is 1. The Morgan fingerprint density at radius 1 is 1.16 bits per heavy atom. The summed E-state index contributed by atoms with van der Waals surface area (Å²) in [5, 5.41) is 4.14. The quantitative estimate of drug-likeness (QED) is 0.817. The van der Waals surface area contributed by atoms with Gasteiger partial charge in [-0.15, -0.1) is 0 Å². The van der Waals surface area contributed by atoms with E-state index in [2.05, 4.69) is 10.5 Å². The highest BCUT2D eigenvalue weighted by molar-refractivity contribution is 7.89. The van der Waals surface area contributed by atoms with Crippen LogP contribution in [-0.2, 0) is 19.6 Å². The molecule has 1 N–H and O–H groups in total. The van der Waals surface area contributed by atoms with Crippen molar-refractivity contribution >= 4 is 39.2 Å². The molecule has 0 aliphatic carbocycles. The first-order valence-electron chi connectivity index (χ1n) is 7.78. The van der Waals surface area contributed by atoms with Gasteiger partial charge < -0.3 is 4.90 Å². The monoisotopic (exact) mass is 384 g/mol. The van der Waals surface area contributed by atoms with E-state index in [1.807, 2.05) is 0 Å². The summed E-state index contributed by atoms with van der Waals surface area (Å²) in [5.74, 6) is -0.478. The molecular formula is C15H17ClN4O4S. The zero-order chi connectivity index (χ0) is 18.0. The van der Waals surface area contributed by atoms with Gasteiger partial charge in [0.25, 0.3) is 5.91 Å².